The zero-order chi connectivity index (χ0) is 15.5. The zero-order valence-electron chi connectivity index (χ0n) is 11.1. The van der Waals surface area contributed by atoms with E-state index in [2.05, 4.69) is 10.2 Å². The van der Waals surface area contributed by atoms with Crippen molar-refractivity contribution in [2.45, 2.75) is 6.61 Å². The van der Waals surface area contributed by atoms with Gasteiger partial charge in [0, 0.05) is 5.02 Å². The number of rotatable bonds is 4. The first-order chi connectivity index (χ1) is 10.6. The van der Waals surface area contributed by atoms with Gasteiger partial charge in [-0.25, -0.2) is 4.39 Å². The molecule has 0 aliphatic carbocycles. The smallest absolute Gasteiger partial charge is 0.254 e. The largest absolute Gasteiger partial charge is 0.484 e. The average molecular weight is 339 g/mol. The summed E-state index contributed by atoms with van der Waals surface area (Å²) in [6, 6.07) is 10.6. The molecule has 3 rings (SSSR count). The maximum absolute atomic E-state index is 12.8. The lowest BCUT2D eigenvalue weighted by atomic mass is 10.2. The fraction of sp³-hybridized carbons (Fsp3) is 0.0667. The molecular formula is C15H9Cl2FN2O2. The summed E-state index contributed by atoms with van der Waals surface area (Å²) in [6.07, 6.45) is 0. The second kappa shape index (κ2) is 6.34. The number of ether oxygens (including phenoxy) is 1. The van der Waals surface area contributed by atoms with E-state index in [1.54, 1.807) is 18.2 Å². The van der Waals surface area contributed by atoms with Crippen LogP contribution in [-0.2, 0) is 6.61 Å². The lowest BCUT2D eigenvalue weighted by molar-refractivity contribution is 0.264. The highest BCUT2D eigenvalue weighted by Crippen LogP contribution is 2.29. The van der Waals surface area contributed by atoms with Gasteiger partial charge in [-0.2, -0.15) is 0 Å². The van der Waals surface area contributed by atoms with E-state index in [4.69, 9.17) is 32.4 Å². The number of aromatic nitrogens is 2. The molecule has 0 saturated heterocycles. The van der Waals surface area contributed by atoms with Gasteiger partial charge >= 0.3 is 0 Å². The van der Waals surface area contributed by atoms with Crippen LogP contribution in [0.4, 0.5) is 4.39 Å². The summed E-state index contributed by atoms with van der Waals surface area (Å²) >= 11 is 11.9. The molecule has 0 bridgehead atoms. The van der Waals surface area contributed by atoms with Crippen LogP contribution in [0, 0.1) is 5.82 Å². The molecule has 1 aromatic heterocycles. The van der Waals surface area contributed by atoms with Crippen LogP contribution in [0.2, 0.25) is 10.0 Å². The molecular weight excluding hydrogens is 330 g/mol. The number of hydrogen-bond acceptors (Lipinski definition) is 4. The number of benzene rings is 2. The lowest BCUT2D eigenvalue weighted by Gasteiger charge is -2.02. The van der Waals surface area contributed by atoms with Crippen LogP contribution in [0.15, 0.2) is 46.9 Å². The first kappa shape index (κ1) is 14.8. The van der Waals surface area contributed by atoms with Crippen LogP contribution in [-0.4, -0.2) is 10.2 Å². The molecule has 0 atom stereocenters. The molecule has 2 aromatic carbocycles. The molecule has 0 fully saturated rings. The summed E-state index contributed by atoms with van der Waals surface area (Å²) in [6.45, 7) is 0.0733. The maximum atomic E-state index is 12.8. The van der Waals surface area contributed by atoms with Crippen molar-refractivity contribution in [1.29, 1.82) is 0 Å². The molecule has 3 aromatic rings. The van der Waals surface area contributed by atoms with Crippen molar-refractivity contribution in [2.24, 2.45) is 0 Å². The highest BCUT2D eigenvalue weighted by molar-refractivity contribution is 6.36. The van der Waals surface area contributed by atoms with Crippen LogP contribution >= 0.6 is 23.2 Å². The molecule has 0 amide bonds. The summed E-state index contributed by atoms with van der Waals surface area (Å²) in [4.78, 5) is 0. The van der Waals surface area contributed by atoms with Crippen molar-refractivity contribution in [3.63, 3.8) is 0 Å². The van der Waals surface area contributed by atoms with E-state index in [0.29, 0.717) is 21.4 Å². The van der Waals surface area contributed by atoms with Crippen molar-refractivity contribution >= 4 is 23.2 Å². The topological polar surface area (TPSA) is 48.2 Å². The maximum Gasteiger partial charge on any atom is 0.254 e. The van der Waals surface area contributed by atoms with Gasteiger partial charge in [0.2, 0.25) is 5.89 Å². The Labute approximate surface area is 135 Å². The van der Waals surface area contributed by atoms with Crippen molar-refractivity contribution in [3.05, 3.63) is 64.2 Å². The number of halogens is 3. The Morgan fingerprint density at radius 1 is 1.05 bits per heavy atom. The predicted molar refractivity (Wildman–Crippen MR) is 80.5 cm³/mol. The average Bonchev–Trinajstić information content (AvgIpc) is 2.95. The number of nitrogens with zero attached hydrogens (tertiary/aromatic N) is 2. The van der Waals surface area contributed by atoms with Gasteiger partial charge in [-0.1, -0.05) is 23.2 Å². The molecule has 1 heterocycles. The summed E-state index contributed by atoms with van der Waals surface area (Å²) in [5, 5.41) is 8.74. The van der Waals surface area contributed by atoms with Gasteiger partial charge in [-0.05, 0) is 42.5 Å². The van der Waals surface area contributed by atoms with Crippen LogP contribution in [0.5, 0.6) is 5.75 Å². The van der Waals surface area contributed by atoms with E-state index in [1.165, 1.54) is 24.3 Å². The number of hydrogen-bond donors (Lipinski definition) is 0. The van der Waals surface area contributed by atoms with Crippen molar-refractivity contribution in [2.75, 3.05) is 0 Å². The monoisotopic (exact) mass is 338 g/mol. The Hall–Kier alpha value is -2.11. The van der Waals surface area contributed by atoms with E-state index < -0.39 is 0 Å². The third-order valence-electron chi connectivity index (χ3n) is 2.80. The van der Waals surface area contributed by atoms with Gasteiger partial charge in [-0.15, -0.1) is 10.2 Å². The van der Waals surface area contributed by atoms with E-state index in [9.17, 15) is 4.39 Å². The highest BCUT2D eigenvalue weighted by atomic mass is 35.5. The highest BCUT2D eigenvalue weighted by Gasteiger charge is 2.12. The standard InChI is InChI=1S/C15H9Cl2FN2O2/c16-9-1-6-12(13(17)7-9)15-20-19-14(22-15)8-21-11-4-2-10(18)3-5-11/h1-7H,8H2. The van der Waals surface area contributed by atoms with Gasteiger partial charge in [0.15, 0.2) is 6.61 Å². The van der Waals surface area contributed by atoms with Crippen LogP contribution in [0.3, 0.4) is 0 Å². The Balaban J connectivity index is 1.72. The molecule has 0 aliphatic rings. The molecule has 0 spiro atoms. The fourth-order valence-corrected chi connectivity index (χ4v) is 2.25. The minimum Gasteiger partial charge on any atom is -0.484 e. The summed E-state index contributed by atoms with van der Waals surface area (Å²) < 4.78 is 23.7. The van der Waals surface area contributed by atoms with Crippen LogP contribution in [0.25, 0.3) is 11.5 Å². The first-order valence-electron chi connectivity index (χ1n) is 6.28. The minimum atomic E-state index is -0.329. The lowest BCUT2D eigenvalue weighted by Crippen LogP contribution is -1.95. The SMILES string of the molecule is Fc1ccc(OCc2nnc(-c3ccc(Cl)cc3Cl)o2)cc1. The Morgan fingerprint density at radius 3 is 2.55 bits per heavy atom. The molecule has 0 radical (unpaired) electrons. The summed E-state index contributed by atoms with van der Waals surface area (Å²) in [5.41, 5.74) is 0.589. The third kappa shape index (κ3) is 3.37. The summed E-state index contributed by atoms with van der Waals surface area (Å²) in [5.74, 6) is 0.736. The molecule has 0 unspecified atom stereocenters. The van der Waals surface area contributed by atoms with Crippen molar-refractivity contribution in [3.8, 4) is 17.2 Å². The molecule has 0 saturated carbocycles. The normalized spacial score (nSPS) is 10.7. The Morgan fingerprint density at radius 2 is 1.82 bits per heavy atom. The molecule has 0 aliphatic heterocycles. The quantitative estimate of drug-likeness (QED) is 0.687. The predicted octanol–water partition coefficient (Wildman–Crippen LogP) is 4.76. The first-order valence-corrected chi connectivity index (χ1v) is 7.03. The Bertz CT molecular complexity index is 790. The molecule has 7 heteroatoms. The Kier molecular flexibility index (Phi) is 4.27. The zero-order valence-corrected chi connectivity index (χ0v) is 12.6. The molecule has 0 N–H and O–H groups in total. The van der Waals surface area contributed by atoms with Crippen molar-refractivity contribution in [1.82, 2.24) is 10.2 Å². The summed E-state index contributed by atoms with van der Waals surface area (Å²) in [7, 11) is 0. The van der Waals surface area contributed by atoms with Crippen LogP contribution in [0.1, 0.15) is 5.89 Å². The van der Waals surface area contributed by atoms with E-state index >= 15 is 0 Å². The van der Waals surface area contributed by atoms with Gasteiger partial charge in [0.05, 0.1) is 10.6 Å². The van der Waals surface area contributed by atoms with E-state index in [1.807, 2.05) is 0 Å². The van der Waals surface area contributed by atoms with Gasteiger partial charge in [0.25, 0.3) is 5.89 Å². The van der Waals surface area contributed by atoms with E-state index in [-0.39, 0.29) is 24.2 Å². The third-order valence-corrected chi connectivity index (χ3v) is 3.35. The molecule has 22 heavy (non-hydrogen) atoms. The van der Waals surface area contributed by atoms with Gasteiger partial charge < -0.3 is 9.15 Å². The minimum absolute atomic E-state index is 0.0733. The van der Waals surface area contributed by atoms with E-state index in [0.717, 1.165) is 0 Å². The van der Waals surface area contributed by atoms with Gasteiger partial charge in [-0.3, -0.25) is 0 Å². The van der Waals surface area contributed by atoms with Crippen molar-refractivity contribution < 1.29 is 13.5 Å². The molecule has 4 nitrogen and oxygen atoms in total. The molecule has 112 valence electrons. The second-order valence-electron chi connectivity index (χ2n) is 4.37. The van der Waals surface area contributed by atoms with Gasteiger partial charge in [0.1, 0.15) is 11.6 Å². The second-order valence-corrected chi connectivity index (χ2v) is 5.21. The van der Waals surface area contributed by atoms with Crippen LogP contribution < -0.4 is 4.74 Å². The fourth-order valence-electron chi connectivity index (χ4n) is 1.76.